The Labute approximate surface area is 165 Å². The van der Waals surface area contributed by atoms with E-state index in [1.54, 1.807) is 9.36 Å². The highest BCUT2D eigenvalue weighted by Gasteiger charge is 2.50. The topological polar surface area (TPSA) is 68.1 Å². The summed E-state index contributed by atoms with van der Waals surface area (Å²) in [4.78, 5) is 26.3. The van der Waals surface area contributed by atoms with Gasteiger partial charge in [-0.3, -0.25) is 14.3 Å². The normalized spacial score (nSPS) is 24.1. The number of fused-ring (bicyclic) bond motifs is 1. The lowest BCUT2D eigenvalue weighted by Gasteiger charge is -2.36. The van der Waals surface area contributed by atoms with Gasteiger partial charge in [-0.05, 0) is 44.4 Å². The van der Waals surface area contributed by atoms with Crippen molar-refractivity contribution in [3.05, 3.63) is 46.4 Å². The number of amides is 1. The molecule has 6 nitrogen and oxygen atoms in total. The molecular formula is C20H27ClN4O2. The summed E-state index contributed by atoms with van der Waals surface area (Å²) in [6.07, 6.45) is 4.25. The zero-order valence-corrected chi connectivity index (χ0v) is 16.6. The van der Waals surface area contributed by atoms with Crippen molar-refractivity contribution in [2.45, 2.75) is 32.6 Å². The fourth-order valence-electron chi connectivity index (χ4n) is 4.64. The summed E-state index contributed by atoms with van der Waals surface area (Å²) in [5, 5.41) is 6.40. The molecule has 2 N–H and O–H groups in total. The first-order valence-electron chi connectivity index (χ1n) is 9.41. The monoisotopic (exact) mass is 390 g/mol. The van der Waals surface area contributed by atoms with Gasteiger partial charge >= 0.3 is 0 Å². The lowest BCUT2D eigenvalue weighted by molar-refractivity contribution is -0.128. The predicted molar refractivity (Wildman–Crippen MR) is 109 cm³/mol. The van der Waals surface area contributed by atoms with Gasteiger partial charge in [0.15, 0.2) is 0 Å². The largest absolute Gasteiger partial charge is 0.319 e. The molecule has 7 heteroatoms. The number of anilines is 1. The molecule has 146 valence electrons. The van der Waals surface area contributed by atoms with E-state index in [0.29, 0.717) is 18.2 Å². The first kappa shape index (κ1) is 19.7. The average molecular weight is 391 g/mol. The Morgan fingerprint density at radius 1 is 1.26 bits per heavy atom. The van der Waals surface area contributed by atoms with Gasteiger partial charge in [0, 0.05) is 13.6 Å². The summed E-state index contributed by atoms with van der Waals surface area (Å²) in [5.74, 6) is 0.370. The second-order valence-electron chi connectivity index (χ2n) is 7.62. The molecule has 4 rings (SSSR count). The zero-order chi connectivity index (χ0) is 18.3. The van der Waals surface area contributed by atoms with E-state index >= 15 is 0 Å². The molecule has 1 saturated carbocycles. The van der Waals surface area contributed by atoms with E-state index in [1.165, 1.54) is 6.42 Å². The van der Waals surface area contributed by atoms with Gasteiger partial charge in [0.1, 0.15) is 5.69 Å². The first-order valence-corrected chi connectivity index (χ1v) is 9.41. The fourth-order valence-corrected chi connectivity index (χ4v) is 4.64. The van der Waals surface area contributed by atoms with Crippen LogP contribution in [-0.4, -0.2) is 28.4 Å². The highest BCUT2D eigenvalue weighted by Crippen LogP contribution is 2.44. The van der Waals surface area contributed by atoms with Gasteiger partial charge in [-0.15, -0.1) is 12.4 Å². The fraction of sp³-hybridized carbons (Fsp3) is 0.500. The number of carbonyl (C=O) groups excluding carboxylic acids is 1. The van der Waals surface area contributed by atoms with Crippen LogP contribution in [0.15, 0.2) is 35.1 Å². The maximum absolute atomic E-state index is 13.2. The molecule has 1 saturated heterocycles. The van der Waals surface area contributed by atoms with Gasteiger partial charge in [0.05, 0.1) is 16.8 Å². The molecule has 1 aromatic heterocycles. The van der Waals surface area contributed by atoms with Crippen molar-refractivity contribution >= 4 is 24.0 Å². The van der Waals surface area contributed by atoms with Gasteiger partial charge in [0.25, 0.3) is 5.56 Å². The zero-order valence-electron chi connectivity index (χ0n) is 15.8. The molecule has 1 aliphatic heterocycles. The van der Waals surface area contributed by atoms with Crippen LogP contribution in [0.25, 0.3) is 5.69 Å². The van der Waals surface area contributed by atoms with Crippen molar-refractivity contribution in [1.29, 1.82) is 0 Å². The molecular weight excluding hydrogens is 364 g/mol. The second-order valence-corrected chi connectivity index (χ2v) is 7.62. The number of carbonyl (C=O) groups is 1. The van der Waals surface area contributed by atoms with Crippen LogP contribution in [0, 0.1) is 18.3 Å². The maximum Gasteiger partial charge on any atom is 0.295 e. The average Bonchev–Trinajstić information content (AvgIpc) is 3.19. The summed E-state index contributed by atoms with van der Waals surface area (Å²) in [5.41, 5.74) is 1.40. The summed E-state index contributed by atoms with van der Waals surface area (Å²) in [6.45, 7) is 3.48. The number of benzene rings is 1. The Balaban J connectivity index is 0.00000210. The van der Waals surface area contributed by atoms with E-state index in [9.17, 15) is 9.59 Å². The second kappa shape index (κ2) is 7.52. The van der Waals surface area contributed by atoms with Gasteiger partial charge in [-0.2, -0.15) is 0 Å². The molecule has 2 atom stereocenters. The number of rotatable bonds is 3. The molecule has 0 radical (unpaired) electrons. The third-order valence-corrected chi connectivity index (χ3v) is 6.28. The van der Waals surface area contributed by atoms with Gasteiger partial charge in [-0.25, -0.2) is 4.68 Å². The molecule has 0 unspecified atom stereocenters. The van der Waals surface area contributed by atoms with E-state index in [4.69, 9.17) is 0 Å². The Hall–Kier alpha value is -2.05. The Morgan fingerprint density at radius 3 is 2.74 bits per heavy atom. The van der Waals surface area contributed by atoms with Crippen LogP contribution < -0.4 is 16.2 Å². The number of para-hydroxylation sites is 1. The van der Waals surface area contributed by atoms with Crippen LogP contribution in [0.5, 0.6) is 0 Å². The van der Waals surface area contributed by atoms with Gasteiger partial charge in [0.2, 0.25) is 5.91 Å². The quantitative estimate of drug-likeness (QED) is 0.846. The van der Waals surface area contributed by atoms with Crippen molar-refractivity contribution in [3.63, 3.8) is 0 Å². The number of halogens is 1. The molecule has 2 aromatic rings. The lowest BCUT2D eigenvalue weighted by Crippen LogP contribution is -2.45. The highest BCUT2D eigenvalue weighted by atomic mass is 35.5. The number of nitrogens with zero attached hydrogens (tertiary/aromatic N) is 2. The van der Waals surface area contributed by atoms with Gasteiger partial charge < -0.3 is 10.6 Å². The van der Waals surface area contributed by atoms with Crippen molar-refractivity contribution < 1.29 is 4.79 Å². The van der Waals surface area contributed by atoms with E-state index in [2.05, 4.69) is 10.6 Å². The molecule has 1 aliphatic carbocycles. The van der Waals surface area contributed by atoms with Crippen LogP contribution in [0.3, 0.4) is 0 Å². The highest BCUT2D eigenvalue weighted by molar-refractivity contribution is 5.96. The SMILES string of the molecule is Cc1c(NC(=O)[C@@]23CCCC[C@H]2CNC3)c(=O)n(-c2ccccc2)n1C.Cl. The smallest absolute Gasteiger partial charge is 0.295 e. The Morgan fingerprint density at radius 2 is 2.00 bits per heavy atom. The minimum Gasteiger partial charge on any atom is -0.319 e. The molecule has 2 fully saturated rings. The standard InChI is InChI=1S/C20H26N4O2.ClH/c1-14-17(18(25)24(23(14)2)16-9-4-3-5-10-16)22-19(26)20-11-7-6-8-15(20)12-21-13-20;/h3-5,9-10,15,21H,6-8,11-13H2,1-2H3,(H,22,26);1H/t15-,20+;/m0./s1. The summed E-state index contributed by atoms with van der Waals surface area (Å²) >= 11 is 0. The summed E-state index contributed by atoms with van der Waals surface area (Å²) in [7, 11) is 1.85. The number of hydrogen-bond donors (Lipinski definition) is 2. The summed E-state index contributed by atoms with van der Waals surface area (Å²) in [6, 6.07) is 9.51. The third kappa shape index (κ3) is 3.11. The molecule has 2 aliphatic rings. The molecule has 0 bridgehead atoms. The minimum atomic E-state index is -0.370. The van der Waals surface area contributed by atoms with Crippen LogP contribution in [0.1, 0.15) is 31.4 Å². The predicted octanol–water partition coefficient (Wildman–Crippen LogP) is 2.62. The van der Waals surface area contributed by atoms with Crippen LogP contribution in [0.2, 0.25) is 0 Å². The lowest BCUT2D eigenvalue weighted by atomic mass is 9.67. The van der Waals surface area contributed by atoms with Crippen LogP contribution in [-0.2, 0) is 11.8 Å². The maximum atomic E-state index is 13.2. The molecule has 27 heavy (non-hydrogen) atoms. The van der Waals surface area contributed by atoms with E-state index in [-0.39, 0.29) is 29.3 Å². The molecule has 1 amide bonds. The van der Waals surface area contributed by atoms with Crippen molar-refractivity contribution in [3.8, 4) is 5.69 Å². The van der Waals surface area contributed by atoms with Crippen molar-refractivity contribution in [1.82, 2.24) is 14.7 Å². The van der Waals surface area contributed by atoms with Gasteiger partial charge in [-0.1, -0.05) is 31.0 Å². The number of aromatic nitrogens is 2. The Kier molecular flexibility index (Phi) is 5.49. The molecule has 0 spiro atoms. The van der Waals surface area contributed by atoms with E-state index in [0.717, 1.165) is 37.2 Å². The van der Waals surface area contributed by atoms with E-state index in [1.807, 2.05) is 44.3 Å². The van der Waals surface area contributed by atoms with E-state index < -0.39 is 0 Å². The first-order chi connectivity index (χ1) is 12.5. The van der Waals surface area contributed by atoms with Crippen molar-refractivity contribution in [2.24, 2.45) is 18.4 Å². The third-order valence-electron chi connectivity index (χ3n) is 6.28. The minimum absolute atomic E-state index is 0. The molecule has 2 heterocycles. The molecule has 1 aromatic carbocycles. The number of hydrogen-bond acceptors (Lipinski definition) is 3. The van der Waals surface area contributed by atoms with Crippen LogP contribution in [0.4, 0.5) is 5.69 Å². The van der Waals surface area contributed by atoms with Crippen LogP contribution >= 0.6 is 12.4 Å². The summed E-state index contributed by atoms with van der Waals surface area (Å²) < 4.78 is 3.41. The Bertz CT molecular complexity index is 889. The van der Waals surface area contributed by atoms with Crippen molar-refractivity contribution in [2.75, 3.05) is 18.4 Å². The number of nitrogens with one attached hydrogen (secondary N) is 2.